The molecule has 0 bridgehead atoms. The van der Waals surface area contributed by atoms with E-state index in [2.05, 4.69) is 23.7 Å². The first-order chi connectivity index (χ1) is 8.99. The molecule has 5 heteroatoms. The lowest BCUT2D eigenvalue weighted by Crippen LogP contribution is -2.56. The summed E-state index contributed by atoms with van der Waals surface area (Å²) in [7, 11) is 1.99. The van der Waals surface area contributed by atoms with Gasteiger partial charge in [-0.1, -0.05) is 13.8 Å². The van der Waals surface area contributed by atoms with Crippen molar-refractivity contribution in [1.29, 1.82) is 0 Å². The molecule has 1 aliphatic rings. The molecular formula is C14H24N4O. The van der Waals surface area contributed by atoms with Crippen LogP contribution >= 0.6 is 0 Å². The minimum atomic E-state index is -0.0394. The first-order valence-corrected chi connectivity index (χ1v) is 6.97. The molecule has 1 amide bonds. The largest absolute Gasteiger partial charge is 0.340 e. The second-order valence-corrected chi connectivity index (χ2v) is 5.82. The Hall–Kier alpha value is -1.36. The minimum Gasteiger partial charge on any atom is -0.340 e. The lowest BCUT2D eigenvalue weighted by molar-refractivity contribution is -0.142. The van der Waals surface area contributed by atoms with E-state index in [1.54, 1.807) is 6.33 Å². The second-order valence-electron chi connectivity index (χ2n) is 5.82. The summed E-state index contributed by atoms with van der Waals surface area (Å²) in [5.74, 6) is 0.780. The number of carbonyl (C=O) groups is 1. The van der Waals surface area contributed by atoms with E-state index >= 15 is 0 Å². The zero-order valence-corrected chi connectivity index (χ0v) is 12.3. The van der Waals surface area contributed by atoms with Crippen LogP contribution in [0.2, 0.25) is 0 Å². The third-order valence-electron chi connectivity index (χ3n) is 3.74. The van der Waals surface area contributed by atoms with Gasteiger partial charge in [0.25, 0.3) is 0 Å². The quantitative estimate of drug-likeness (QED) is 0.818. The van der Waals surface area contributed by atoms with Crippen LogP contribution < -0.4 is 0 Å². The maximum atomic E-state index is 12.3. The molecule has 1 aromatic rings. The van der Waals surface area contributed by atoms with E-state index in [1.165, 1.54) is 0 Å². The third-order valence-corrected chi connectivity index (χ3v) is 3.74. The first-order valence-electron chi connectivity index (χ1n) is 6.97. The lowest BCUT2D eigenvalue weighted by Gasteiger charge is -2.39. The van der Waals surface area contributed by atoms with E-state index in [0.29, 0.717) is 5.92 Å². The Morgan fingerprint density at radius 1 is 1.42 bits per heavy atom. The Morgan fingerprint density at radius 2 is 2.16 bits per heavy atom. The van der Waals surface area contributed by atoms with Crippen molar-refractivity contribution >= 4 is 5.91 Å². The third kappa shape index (κ3) is 3.15. The van der Waals surface area contributed by atoms with Crippen molar-refractivity contribution in [3.63, 3.8) is 0 Å². The van der Waals surface area contributed by atoms with Gasteiger partial charge >= 0.3 is 0 Å². The Morgan fingerprint density at radius 3 is 2.74 bits per heavy atom. The number of hydrogen-bond donors (Lipinski definition) is 0. The zero-order chi connectivity index (χ0) is 14.0. The molecule has 0 saturated carbocycles. The molecule has 0 radical (unpaired) electrons. The molecule has 1 saturated heterocycles. The van der Waals surface area contributed by atoms with E-state index in [0.717, 1.165) is 31.9 Å². The van der Waals surface area contributed by atoms with Crippen LogP contribution in [0.25, 0.3) is 0 Å². The van der Waals surface area contributed by atoms with Crippen molar-refractivity contribution in [1.82, 2.24) is 19.4 Å². The molecule has 106 valence electrons. The Bertz CT molecular complexity index is 440. The van der Waals surface area contributed by atoms with Crippen LogP contribution in [-0.2, 0) is 18.4 Å². The number of aryl methyl sites for hydroxylation is 1. The molecule has 1 aromatic heterocycles. The SMILES string of the molecule is CC(C)CN1CCN(Cc2cncn2C)[C@@H](C)C1=O. The van der Waals surface area contributed by atoms with Crippen LogP contribution in [0.4, 0.5) is 0 Å². The highest BCUT2D eigenvalue weighted by molar-refractivity contribution is 5.82. The maximum absolute atomic E-state index is 12.3. The smallest absolute Gasteiger partial charge is 0.239 e. The number of carbonyl (C=O) groups excluding carboxylic acids is 1. The van der Waals surface area contributed by atoms with Crippen molar-refractivity contribution in [3.05, 3.63) is 18.2 Å². The average Bonchev–Trinajstić information content (AvgIpc) is 2.74. The highest BCUT2D eigenvalue weighted by atomic mass is 16.2. The second kappa shape index (κ2) is 5.74. The van der Waals surface area contributed by atoms with Gasteiger partial charge in [0.15, 0.2) is 0 Å². The zero-order valence-electron chi connectivity index (χ0n) is 12.3. The lowest BCUT2D eigenvalue weighted by atomic mass is 10.1. The van der Waals surface area contributed by atoms with Crippen molar-refractivity contribution < 1.29 is 4.79 Å². The summed E-state index contributed by atoms with van der Waals surface area (Å²) < 4.78 is 2.01. The number of amides is 1. The highest BCUT2D eigenvalue weighted by Gasteiger charge is 2.31. The number of aromatic nitrogens is 2. The standard InChI is InChI=1S/C14H24N4O/c1-11(2)8-18-6-5-17(12(3)14(18)19)9-13-7-15-10-16(13)4/h7,10-12H,5-6,8-9H2,1-4H3/t12-/m0/s1. The summed E-state index contributed by atoms with van der Waals surface area (Å²) in [4.78, 5) is 20.7. The number of rotatable bonds is 4. The van der Waals surface area contributed by atoms with Crippen molar-refractivity contribution in [2.45, 2.75) is 33.4 Å². The molecular weight excluding hydrogens is 240 g/mol. The van der Waals surface area contributed by atoms with Gasteiger partial charge in [-0.25, -0.2) is 4.98 Å². The van der Waals surface area contributed by atoms with Crippen LogP contribution in [0.15, 0.2) is 12.5 Å². The van der Waals surface area contributed by atoms with Gasteiger partial charge in [0.1, 0.15) is 0 Å². The van der Waals surface area contributed by atoms with E-state index in [-0.39, 0.29) is 11.9 Å². The van der Waals surface area contributed by atoms with Crippen molar-refractivity contribution in [2.75, 3.05) is 19.6 Å². The fraction of sp³-hybridized carbons (Fsp3) is 0.714. The topological polar surface area (TPSA) is 41.4 Å². The van der Waals surface area contributed by atoms with Gasteiger partial charge in [0.05, 0.1) is 18.1 Å². The monoisotopic (exact) mass is 264 g/mol. The number of nitrogens with zero attached hydrogens (tertiary/aromatic N) is 4. The highest BCUT2D eigenvalue weighted by Crippen LogP contribution is 2.15. The fourth-order valence-electron chi connectivity index (χ4n) is 2.56. The molecule has 5 nitrogen and oxygen atoms in total. The normalized spacial score (nSPS) is 21.4. The van der Waals surface area contributed by atoms with Gasteiger partial charge in [-0.05, 0) is 12.8 Å². The van der Waals surface area contributed by atoms with Gasteiger partial charge in [0, 0.05) is 39.4 Å². The van der Waals surface area contributed by atoms with Gasteiger partial charge in [-0.2, -0.15) is 0 Å². The van der Waals surface area contributed by atoms with Crippen LogP contribution in [0.3, 0.4) is 0 Å². The summed E-state index contributed by atoms with van der Waals surface area (Å²) >= 11 is 0. The molecule has 0 spiro atoms. The molecule has 2 heterocycles. The van der Waals surface area contributed by atoms with E-state index in [1.807, 2.05) is 29.6 Å². The Kier molecular flexibility index (Phi) is 4.24. The van der Waals surface area contributed by atoms with Crippen LogP contribution in [0.1, 0.15) is 26.5 Å². The van der Waals surface area contributed by atoms with Gasteiger partial charge < -0.3 is 9.47 Å². The Labute approximate surface area is 115 Å². The molecule has 1 fully saturated rings. The predicted octanol–water partition coefficient (Wildman–Crippen LogP) is 1.11. The molecule has 2 rings (SSSR count). The number of hydrogen-bond acceptors (Lipinski definition) is 3. The number of imidazole rings is 1. The fourth-order valence-corrected chi connectivity index (χ4v) is 2.56. The summed E-state index contributed by atoms with van der Waals surface area (Å²) in [6.07, 6.45) is 3.68. The summed E-state index contributed by atoms with van der Waals surface area (Å²) in [6, 6.07) is -0.0394. The van der Waals surface area contributed by atoms with Crippen LogP contribution in [0.5, 0.6) is 0 Å². The molecule has 0 N–H and O–H groups in total. The summed E-state index contributed by atoms with van der Waals surface area (Å²) in [6.45, 7) is 9.73. The van der Waals surface area contributed by atoms with Gasteiger partial charge in [-0.15, -0.1) is 0 Å². The van der Waals surface area contributed by atoms with E-state index < -0.39 is 0 Å². The average molecular weight is 264 g/mol. The van der Waals surface area contributed by atoms with Crippen LogP contribution in [-0.4, -0.2) is 50.9 Å². The maximum Gasteiger partial charge on any atom is 0.239 e. The molecule has 0 aromatic carbocycles. The van der Waals surface area contributed by atoms with E-state index in [9.17, 15) is 4.79 Å². The molecule has 1 atom stereocenters. The first kappa shape index (κ1) is 14.1. The Balaban J connectivity index is 1.99. The number of piperazine rings is 1. The molecule has 1 aliphatic heterocycles. The van der Waals surface area contributed by atoms with Crippen LogP contribution in [0, 0.1) is 5.92 Å². The van der Waals surface area contributed by atoms with Gasteiger partial charge in [0.2, 0.25) is 5.91 Å². The molecule has 0 unspecified atom stereocenters. The van der Waals surface area contributed by atoms with Gasteiger partial charge in [-0.3, -0.25) is 9.69 Å². The minimum absolute atomic E-state index is 0.0394. The molecule has 19 heavy (non-hydrogen) atoms. The van der Waals surface area contributed by atoms with Crippen molar-refractivity contribution in [3.8, 4) is 0 Å². The van der Waals surface area contributed by atoms with E-state index in [4.69, 9.17) is 0 Å². The summed E-state index contributed by atoms with van der Waals surface area (Å²) in [5, 5.41) is 0. The predicted molar refractivity (Wildman–Crippen MR) is 74.5 cm³/mol. The molecule has 0 aliphatic carbocycles. The van der Waals surface area contributed by atoms with Crippen molar-refractivity contribution in [2.24, 2.45) is 13.0 Å². The summed E-state index contributed by atoms with van der Waals surface area (Å²) in [5.41, 5.74) is 1.15.